The first-order valence-corrected chi connectivity index (χ1v) is 5.83. The van der Waals surface area contributed by atoms with Gasteiger partial charge >= 0.3 is 0 Å². The van der Waals surface area contributed by atoms with Crippen molar-refractivity contribution >= 4 is 17.5 Å². The van der Waals surface area contributed by atoms with E-state index in [9.17, 15) is 0 Å². The van der Waals surface area contributed by atoms with E-state index in [1.165, 1.54) is 0 Å². The number of methoxy groups -OCH3 is 1. The maximum atomic E-state index is 5.05. The Morgan fingerprint density at radius 3 is 3.11 bits per heavy atom. The average molecular weight is 252 g/mol. The lowest BCUT2D eigenvalue weighted by Gasteiger charge is -1.97. The van der Waals surface area contributed by atoms with E-state index in [0.29, 0.717) is 5.88 Å². The number of hydrogen-bond acceptors (Lipinski definition) is 4. The second kappa shape index (κ2) is 4.89. The lowest BCUT2D eigenvalue weighted by atomic mass is 10.4. The minimum atomic E-state index is 0.546. The van der Waals surface area contributed by atoms with Crippen molar-refractivity contribution in [3.05, 3.63) is 54.6 Å². The number of rotatable bonds is 3. The smallest absolute Gasteiger partial charge is 0.215 e. The van der Waals surface area contributed by atoms with E-state index in [2.05, 4.69) is 15.0 Å². The molecular formula is C14H12N4O. The third kappa shape index (κ3) is 2.44. The van der Waals surface area contributed by atoms with Crippen LogP contribution in [0.5, 0.6) is 5.88 Å². The number of imidazole rings is 1. The Hall–Kier alpha value is -2.69. The van der Waals surface area contributed by atoms with Gasteiger partial charge in [-0.15, -0.1) is 0 Å². The van der Waals surface area contributed by atoms with Crippen LogP contribution in [0.25, 0.3) is 5.65 Å². The van der Waals surface area contributed by atoms with Crippen LogP contribution in [-0.2, 0) is 0 Å². The maximum absolute atomic E-state index is 5.05. The van der Waals surface area contributed by atoms with E-state index in [1.54, 1.807) is 25.6 Å². The zero-order valence-electron chi connectivity index (χ0n) is 10.4. The van der Waals surface area contributed by atoms with Gasteiger partial charge in [0.05, 0.1) is 19.0 Å². The van der Waals surface area contributed by atoms with Gasteiger partial charge in [0.1, 0.15) is 11.3 Å². The van der Waals surface area contributed by atoms with Gasteiger partial charge in [-0.25, -0.2) is 9.97 Å². The molecule has 0 aromatic carbocycles. The molecule has 3 heterocycles. The molecule has 94 valence electrons. The molecule has 0 aliphatic carbocycles. The zero-order chi connectivity index (χ0) is 13.1. The SMILES string of the molecule is COc1cc(N=Cc2cn3ccccc3n2)ccn1. The van der Waals surface area contributed by atoms with Gasteiger partial charge in [0.15, 0.2) is 0 Å². The van der Waals surface area contributed by atoms with Crippen LogP contribution >= 0.6 is 0 Å². The Balaban J connectivity index is 1.88. The topological polar surface area (TPSA) is 51.8 Å². The van der Waals surface area contributed by atoms with Crippen LogP contribution in [0.1, 0.15) is 5.69 Å². The largest absolute Gasteiger partial charge is 0.481 e. The summed E-state index contributed by atoms with van der Waals surface area (Å²) < 4.78 is 7.00. The Morgan fingerprint density at radius 2 is 2.26 bits per heavy atom. The highest BCUT2D eigenvalue weighted by atomic mass is 16.5. The number of aliphatic imine (C=N–C) groups is 1. The molecule has 0 aliphatic heterocycles. The molecule has 0 saturated carbocycles. The highest BCUT2D eigenvalue weighted by molar-refractivity contribution is 5.80. The molecule has 5 heteroatoms. The number of hydrogen-bond donors (Lipinski definition) is 0. The molecule has 0 spiro atoms. The van der Waals surface area contributed by atoms with Gasteiger partial charge in [0.25, 0.3) is 0 Å². The van der Waals surface area contributed by atoms with Gasteiger partial charge in [-0.3, -0.25) is 4.99 Å². The highest BCUT2D eigenvalue weighted by Gasteiger charge is 1.98. The van der Waals surface area contributed by atoms with Crippen LogP contribution in [0.4, 0.5) is 5.69 Å². The number of fused-ring (bicyclic) bond motifs is 1. The van der Waals surface area contributed by atoms with Gasteiger partial charge in [0, 0.05) is 24.7 Å². The van der Waals surface area contributed by atoms with Gasteiger partial charge < -0.3 is 9.14 Å². The van der Waals surface area contributed by atoms with Crippen LogP contribution in [-0.4, -0.2) is 27.7 Å². The molecule has 0 unspecified atom stereocenters. The van der Waals surface area contributed by atoms with Crippen LogP contribution in [0.15, 0.2) is 53.9 Å². The van der Waals surface area contributed by atoms with Crippen LogP contribution in [0, 0.1) is 0 Å². The molecule has 0 aliphatic rings. The van der Waals surface area contributed by atoms with Crippen LogP contribution < -0.4 is 4.74 Å². The van der Waals surface area contributed by atoms with Crippen molar-refractivity contribution < 1.29 is 4.74 Å². The molecule has 19 heavy (non-hydrogen) atoms. The van der Waals surface area contributed by atoms with Crippen molar-refractivity contribution in [2.75, 3.05) is 7.11 Å². The second-order valence-corrected chi connectivity index (χ2v) is 3.95. The molecule has 3 rings (SSSR count). The molecule has 0 N–H and O–H groups in total. The van der Waals surface area contributed by atoms with E-state index in [4.69, 9.17) is 4.74 Å². The van der Waals surface area contributed by atoms with Crippen molar-refractivity contribution in [3.63, 3.8) is 0 Å². The van der Waals surface area contributed by atoms with E-state index in [1.807, 2.05) is 41.1 Å². The van der Waals surface area contributed by atoms with Crippen molar-refractivity contribution in [1.82, 2.24) is 14.4 Å². The normalized spacial score (nSPS) is 11.2. The number of ether oxygens (including phenoxy) is 1. The molecule has 3 aromatic rings. The number of pyridine rings is 2. The Morgan fingerprint density at radius 1 is 1.32 bits per heavy atom. The standard InChI is InChI=1S/C14H12N4O/c1-19-14-8-11(5-6-15-14)16-9-12-10-18-7-3-2-4-13(18)17-12/h2-10H,1H3. The first-order valence-electron chi connectivity index (χ1n) is 5.83. The summed E-state index contributed by atoms with van der Waals surface area (Å²) in [6.07, 6.45) is 7.27. The summed E-state index contributed by atoms with van der Waals surface area (Å²) in [5, 5.41) is 0. The summed E-state index contributed by atoms with van der Waals surface area (Å²) in [4.78, 5) is 12.8. The molecule has 3 aromatic heterocycles. The maximum Gasteiger partial charge on any atom is 0.215 e. The molecule has 0 bridgehead atoms. The molecule has 0 amide bonds. The predicted molar refractivity (Wildman–Crippen MR) is 73.2 cm³/mol. The third-order valence-electron chi connectivity index (χ3n) is 2.66. The van der Waals surface area contributed by atoms with Gasteiger partial charge in [-0.1, -0.05) is 6.07 Å². The van der Waals surface area contributed by atoms with Gasteiger partial charge in [-0.2, -0.15) is 0 Å². The fourth-order valence-corrected chi connectivity index (χ4v) is 1.75. The minimum absolute atomic E-state index is 0.546. The second-order valence-electron chi connectivity index (χ2n) is 3.95. The van der Waals surface area contributed by atoms with E-state index >= 15 is 0 Å². The van der Waals surface area contributed by atoms with Crippen molar-refractivity contribution in [3.8, 4) is 5.88 Å². The highest BCUT2D eigenvalue weighted by Crippen LogP contribution is 2.16. The Labute approximate surface area is 110 Å². The van der Waals surface area contributed by atoms with Crippen LogP contribution in [0.2, 0.25) is 0 Å². The Kier molecular flexibility index (Phi) is 2.94. The summed E-state index contributed by atoms with van der Waals surface area (Å²) >= 11 is 0. The van der Waals surface area contributed by atoms with Crippen LogP contribution in [0.3, 0.4) is 0 Å². The van der Waals surface area contributed by atoms with Crippen molar-refractivity contribution in [2.24, 2.45) is 4.99 Å². The lowest BCUT2D eigenvalue weighted by Crippen LogP contribution is -1.85. The molecule has 0 atom stereocenters. The van der Waals surface area contributed by atoms with E-state index in [-0.39, 0.29) is 0 Å². The van der Waals surface area contributed by atoms with Gasteiger partial charge in [-0.05, 0) is 18.2 Å². The van der Waals surface area contributed by atoms with Gasteiger partial charge in [0.2, 0.25) is 5.88 Å². The average Bonchev–Trinajstić information content (AvgIpc) is 2.88. The summed E-state index contributed by atoms with van der Waals surface area (Å²) in [5.74, 6) is 0.546. The minimum Gasteiger partial charge on any atom is -0.481 e. The summed E-state index contributed by atoms with van der Waals surface area (Å²) in [6.45, 7) is 0. The summed E-state index contributed by atoms with van der Waals surface area (Å²) in [6, 6.07) is 9.45. The third-order valence-corrected chi connectivity index (χ3v) is 2.66. The van der Waals surface area contributed by atoms with E-state index in [0.717, 1.165) is 17.0 Å². The lowest BCUT2D eigenvalue weighted by molar-refractivity contribution is 0.398. The summed E-state index contributed by atoms with van der Waals surface area (Å²) in [7, 11) is 1.58. The Bertz CT molecular complexity index is 700. The molecule has 0 fully saturated rings. The van der Waals surface area contributed by atoms with Crippen molar-refractivity contribution in [1.29, 1.82) is 0 Å². The molecule has 0 saturated heterocycles. The monoisotopic (exact) mass is 252 g/mol. The zero-order valence-corrected chi connectivity index (χ0v) is 10.4. The van der Waals surface area contributed by atoms with E-state index < -0.39 is 0 Å². The fourth-order valence-electron chi connectivity index (χ4n) is 1.75. The molecule has 5 nitrogen and oxygen atoms in total. The first kappa shape index (κ1) is 11.4. The molecular weight excluding hydrogens is 240 g/mol. The predicted octanol–water partition coefficient (Wildman–Crippen LogP) is 2.49. The molecule has 0 radical (unpaired) electrons. The fraction of sp³-hybridized carbons (Fsp3) is 0.0714. The number of nitrogens with zero attached hydrogens (tertiary/aromatic N) is 4. The van der Waals surface area contributed by atoms with Crippen molar-refractivity contribution in [2.45, 2.75) is 0 Å². The quantitative estimate of drug-likeness (QED) is 0.673. The summed E-state index contributed by atoms with van der Waals surface area (Å²) in [5.41, 5.74) is 2.49. The first-order chi connectivity index (χ1) is 9.35. The number of aromatic nitrogens is 3.